The number of hydrogen-bond donors (Lipinski definition) is 2. The number of nitrogens with one attached hydrogen (secondary N) is 2. The molecule has 2 rings (SSSR count). The smallest absolute Gasteiger partial charge is 0.236 e. The fraction of sp³-hybridized carbons (Fsp3) is 0.953. The van der Waals surface area contributed by atoms with Crippen LogP contribution in [0.1, 0.15) is 26.7 Å². The van der Waals surface area contributed by atoms with Gasteiger partial charge in [0.05, 0.1) is 25.4 Å². The van der Waals surface area contributed by atoms with Gasteiger partial charge < -0.3 is 55.5 Å². The van der Waals surface area contributed by atoms with E-state index in [0.717, 1.165) is 0 Å². The second kappa shape index (κ2) is 22.8. The maximum atomic E-state index is 15.5. The first-order valence-electron chi connectivity index (χ1n) is 24.2. The Morgan fingerprint density at radius 1 is 0.400 bits per heavy atom. The molecule has 2 amide bonds. The van der Waals surface area contributed by atoms with Crippen LogP contribution in [0.15, 0.2) is 0 Å². The Morgan fingerprint density at radius 2 is 0.646 bits per heavy atom. The van der Waals surface area contributed by atoms with Gasteiger partial charge >= 0.3 is 0 Å². The lowest BCUT2D eigenvalue weighted by Gasteiger charge is -2.52. The van der Waals surface area contributed by atoms with Gasteiger partial charge in [-0.2, -0.15) is 0 Å². The molecule has 2 unspecified atom stereocenters. The molecular weight excluding hydrogens is 961 g/mol. The maximum absolute atomic E-state index is 15.5. The zero-order valence-corrected chi connectivity index (χ0v) is 54.0. The van der Waals surface area contributed by atoms with Crippen LogP contribution in [-0.2, 0) is 54.5 Å². The van der Waals surface area contributed by atoms with Gasteiger partial charge in [0.25, 0.3) is 0 Å². The normalized spacial score (nSPS) is 28.3. The van der Waals surface area contributed by atoms with E-state index in [9.17, 15) is 0 Å². The Labute approximate surface area is 405 Å². The molecule has 22 heteroatoms. The van der Waals surface area contributed by atoms with Gasteiger partial charge in [-0.25, -0.2) is 0 Å². The number of carbonyl (C=O) groups excluding carboxylic acids is 2. The van der Waals surface area contributed by atoms with Crippen molar-refractivity contribution < 1.29 is 54.5 Å². The second-order valence-electron chi connectivity index (χ2n) is 26.0. The van der Waals surface area contributed by atoms with Crippen molar-refractivity contribution in [2.75, 3.05) is 13.2 Å². The second-order valence-corrected chi connectivity index (χ2v) is 61.7. The molecule has 2 heterocycles. The minimum Gasteiger partial charge on any atom is -0.415 e. The van der Waals surface area contributed by atoms with Crippen molar-refractivity contribution in [3.63, 3.8) is 0 Å². The van der Waals surface area contributed by atoms with Gasteiger partial charge in [-0.1, -0.05) is 13.8 Å². The van der Waals surface area contributed by atoms with E-state index < -0.39 is 145 Å². The molecule has 0 aromatic heterocycles. The summed E-state index contributed by atoms with van der Waals surface area (Å²) in [7, 11) is -17.7. The lowest BCUT2D eigenvalue weighted by atomic mass is 9.79. The molecule has 2 N–H and O–H groups in total. The van der Waals surface area contributed by atoms with Crippen LogP contribution in [0.5, 0.6) is 0 Å². The van der Waals surface area contributed by atoms with Crippen molar-refractivity contribution in [3.8, 4) is 0 Å². The Hall–Kier alpha value is 0.275. The molecule has 10 atom stereocenters. The van der Waals surface area contributed by atoms with Crippen LogP contribution < -0.4 is 10.6 Å². The molecule has 0 aromatic carbocycles. The largest absolute Gasteiger partial charge is 0.415 e. The average molecular weight is 1060 g/mol. The summed E-state index contributed by atoms with van der Waals surface area (Å²) in [5.41, 5.74) is -1.53. The molecule has 2 fully saturated rings. The molecule has 0 aliphatic carbocycles. The van der Waals surface area contributed by atoms with Gasteiger partial charge in [0, 0.05) is 0 Å². The molecule has 0 spiro atoms. The highest BCUT2D eigenvalue weighted by Crippen LogP contribution is 2.37. The summed E-state index contributed by atoms with van der Waals surface area (Å²) in [6.45, 7) is 55.6. The van der Waals surface area contributed by atoms with Gasteiger partial charge in [0.2, 0.25) is 11.8 Å². The number of rotatable bonds is 24. The van der Waals surface area contributed by atoms with Gasteiger partial charge in [-0.3, -0.25) is 9.59 Å². The average Bonchev–Trinajstić information content (AvgIpc) is 3.05. The molecule has 2 aliphatic heterocycles. The first-order valence-corrected chi connectivity index (χ1v) is 51.4. The van der Waals surface area contributed by atoms with E-state index in [-0.39, 0.29) is 12.8 Å². The fourth-order valence-corrected chi connectivity index (χ4v) is 15.2. The van der Waals surface area contributed by atoms with Crippen molar-refractivity contribution in [3.05, 3.63) is 0 Å². The van der Waals surface area contributed by atoms with Crippen LogP contribution in [0.4, 0.5) is 0 Å². The zero-order chi connectivity index (χ0) is 50.7. The van der Waals surface area contributed by atoms with Crippen molar-refractivity contribution in [1.29, 1.82) is 0 Å². The third-order valence-electron chi connectivity index (χ3n) is 10.2. The molecule has 0 aromatic rings. The topological polar surface area (TPSA) is 150 Å². The summed E-state index contributed by atoms with van der Waals surface area (Å²) >= 11 is 0. The lowest BCUT2D eigenvalue weighted by molar-refractivity contribution is -0.240. The van der Waals surface area contributed by atoms with E-state index in [2.05, 4.69) is 168 Å². The molecule has 0 radical (unpaired) electrons. The van der Waals surface area contributed by atoms with Gasteiger partial charge in [0.1, 0.15) is 41.9 Å². The minimum absolute atomic E-state index is 0.212. The van der Waals surface area contributed by atoms with Gasteiger partial charge in [0.15, 0.2) is 79.1 Å². The minimum atomic E-state index is -2.32. The van der Waals surface area contributed by atoms with Crippen molar-refractivity contribution in [2.24, 2.45) is 5.41 Å². The van der Waals surface area contributed by atoms with Crippen molar-refractivity contribution in [1.82, 2.24) is 10.6 Å². The van der Waals surface area contributed by atoms with E-state index in [1.807, 2.05) is 13.8 Å². The molecule has 2 saturated heterocycles. The van der Waals surface area contributed by atoms with E-state index in [1.165, 1.54) is 0 Å². The van der Waals surface area contributed by atoms with E-state index in [1.54, 1.807) is 0 Å². The highest BCUT2D eigenvalue weighted by molar-refractivity contribution is 6.72. The zero-order valence-electron chi connectivity index (χ0n) is 46.0. The third-order valence-corrected chi connectivity index (χ3v) is 18.1. The molecule has 14 nitrogen and oxygen atoms in total. The van der Waals surface area contributed by atoms with Gasteiger partial charge in [-0.05, 0) is 170 Å². The predicted molar refractivity (Wildman–Crippen MR) is 285 cm³/mol. The van der Waals surface area contributed by atoms with Crippen LogP contribution in [0, 0.1) is 5.41 Å². The summed E-state index contributed by atoms with van der Waals surface area (Å²) in [6.07, 6.45) is -4.81. The fourth-order valence-electron chi connectivity index (χ4n) is 7.72. The molecule has 384 valence electrons. The van der Waals surface area contributed by atoms with Crippen molar-refractivity contribution in [2.45, 2.75) is 245 Å². The summed E-state index contributed by atoms with van der Waals surface area (Å²) in [6, 6.07) is -1.61. The third kappa shape index (κ3) is 21.3. The summed E-state index contributed by atoms with van der Waals surface area (Å²) < 4.78 is 68.8. The Bertz CT molecular complexity index is 1420. The Kier molecular flexibility index (Phi) is 21.5. The summed E-state index contributed by atoms with van der Waals surface area (Å²) in [5, 5.41) is 6.74. The highest BCUT2D eigenvalue weighted by atomic mass is 28.4. The van der Waals surface area contributed by atoms with Crippen molar-refractivity contribution >= 4 is 78.4 Å². The summed E-state index contributed by atoms with van der Waals surface area (Å²) in [4.78, 5) is 30.9. The number of carbonyl (C=O) groups is 2. The number of amides is 2. The first-order chi connectivity index (χ1) is 28.9. The molecule has 0 saturated carbocycles. The predicted octanol–water partition coefficient (Wildman–Crippen LogP) is 9.50. The van der Waals surface area contributed by atoms with Crippen LogP contribution in [0.25, 0.3) is 0 Å². The standard InChI is InChI=1S/C43H98N2O12Si8/c1-27-43(28-2,41(46)44-33-37(54-62(15,16)17)35(52-60(9,10)11)31(29-48-58(3,4)5)50-39(33)56-64(21,22)23)42(47)45-34-38(55-63(18,19)20)36(53-61(12,13)14)32(30-49-59(6,7)8)51-40(34)57-65(24,25)26/h31-40H,27-30H2,1-26H3,(H,44,46)(H,45,47)/t31-,32-,33-,34-,35-,36-,37-,38-,39?,40?/m1/s1. The Morgan fingerprint density at radius 3 is 0.862 bits per heavy atom. The quantitative estimate of drug-likeness (QED) is 0.0700. The number of hydrogen-bond acceptors (Lipinski definition) is 12. The SMILES string of the molecule is CCC(CC)(C(=O)N[C@H]1C(O[Si](C)(C)C)O[C@H](CO[Si](C)(C)C)[C@@H](O[Si](C)(C)C)[C@@H]1O[Si](C)(C)C)C(=O)N[C@H]1C(O[Si](C)(C)C)O[C@H](CO[Si](C)(C)C)[C@@H](O[Si](C)(C)C)[C@@H]1O[Si](C)(C)C. The first kappa shape index (κ1) is 61.4. The van der Waals surface area contributed by atoms with E-state index >= 15 is 9.59 Å². The maximum Gasteiger partial charge on any atom is 0.236 e. The van der Waals surface area contributed by atoms with E-state index in [0.29, 0.717) is 13.2 Å². The summed E-state index contributed by atoms with van der Waals surface area (Å²) in [5.74, 6) is -0.882. The van der Waals surface area contributed by atoms with Crippen LogP contribution in [0.3, 0.4) is 0 Å². The van der Waals surface area contributed by atoms with Crippen LogP contribution >= 0.6 is 0 Å². The highest BCUT2D eigenvalue weighted by Gasteiger charge is 2.57. The molecular formula is C43H98N2O12Si8. The van der Waals surface area contributed by atoms with Gasteiger partial charge in [-0.15, -0.1) is 0 Å². The van der Waals surface area contributed by atoms with E-state index in [4.69, 9.17) is 44.9 Å². The molecule has 0 bridgehead atoms. The molecule has 2 aliphatic rings. The van der Waals surface area contributed by atoms with Crippen LogP contribution in [-0.4, -0.2) is 153 Å². The number of ether oxygens (including phenoxy) is 2. The monoisotopic (exact) mass is 1060 g/mol. The van der Waals surface area contributed by atoms with Crippen LogP contribution in [0.2, 0.25) is 157 Å². The lowest BCUT2D eigenvalue weighted by Crippen LogP contribution is -2.72. The molecule has 65 heavy (non-hydrogen) atoms. The Balaban J connectivity index is 2.85.